The number of alkyl halides is 6. The quantitative estimate of drug-likeness (QED) is 0.224. The summed E-state index contributed by atoms with van der Waals surface area (Å²) in [5.41, 5.74) is -4.36. The third-order valence-corrected chi connectivity index (χ3v) is 10.3. The number of carbonyl (C=O) groups is 1. The van der Waals surface area contributed by atoms with Crippen LogP contribution in [0.4, 0.5) is 36.4 Å². The van der Waals surface area contributed by atoms with Gasteiger partial charge in [-0.25, -0.2) is 12.8 Å². The molecular weight excluding hydrogens is 655 g/mol. The fraction of sp³-hybridized carbons (Fsp3) is 0.344. The Hall–Kier alpha value is -4.11. The van der Waals surface area contributed by atoms with E-state index in [1.54, 1.807) is 6.92 Å². The zero-order chi connectivity index (χ0) is 34.4. The number of anilines is 1. The first-order valence-corrected chi connectivity index (χ1v) is 16.0. The summed E-state index contributed by atoms with van der Waals surface area (Å²) < 4.78 is 118. The van der Waals surface area contributed by atoms with E-state index in [0.717, 1.165) is 59.5 Å². The second kappa shape index (κ2) is 12.5. The van der Waals surface area contributed by atoms with Crippen LogP contribution in [-0.4, -0.2) is 54.8 Å². The maximum Gasteiger partial charge on any atom is 0.430 e. The lowest BCUT2D eigenvalue weighted by atomic mass is 9.89. The Morgan fingerprint density at radius 3 is 2.21 bits per heavy atom. The molecule has 47 heavy (non-hydrogen) atoms. The monoisotopic (exact) mass is 685 g/mol. The van der Waals surface area contributed by atoms with E-state index in [4.69, 9.17) is 0 Å². The second-order valence-corrected chi connectivity index (χ2v) is 13.2. The molecule has 0 spiro atoms. The molecule has 4 aromatic rings. The molecule has 2 aliphatic rings. The number of aliphatic hydroxyl groups is 1. The smallest absolute Gasteiger partial charge is 0.369 e. The van der Waals surface area contributed by atoms with Crippen LogP contribution in [0.15, 0.2) is 77.8 Å². The minimum Gasteiger partial charge on any atom is -0.369 e. The van der Waals surface area contributed by atoms with Gasteiger partial charge in [0.1, 0.15) is 5.82 Å². The van der Waals surface area contributed by atoms with Gasteiger partial charge in [0.2, 0.25) is 5.91 Å². The van der Waals surface area contributed by atoms with Gasteiger partial charge < -0.3 is 15.0 Å². The molecule has 3 aromatic carbocycles. The highest BCUT2D eigenvalue weighted by Crippen LogP contribution is 2.51. The summed E-state index contributed by atoms with van der Waals surface area (Å²) in [6, 6.07) is 14.1. The summed E-state index contributed by atoms with van der Waals surface area (Å²) in [5, 5.41) is 10.8. The van der Waals surface area contributed by atoms with Crippen LogP contribution >= 0.6 is 0 Å². The Bertz CT molecular complexity index is 1860. The number of likely N-dealkylation sites (tertiary alicyclic amines) is 1. The summed E-state index contributed by atoms with van der Waals surface area (Å²) in [6.07, 6.45) is -7.75. The van der Waals surface area contributed by atoms with Crippen molar-refractivity contribution in [3.8, 4) is 0 Å². The lowest BCUT2D eigenvalue weighted by molar-refractivity contribution is -0.376. The van der Waals surface area contributed by atoms with Crippen LogP contribution in [0.5, 0.6) is 0 Å². The Labute approximate surface area is 265 Å². The number of hydrogen-bond acceptors (Lipinski definition) is 4. The van der Waals surface area contributed by atoms with E-state index in [0.29, 0.717) is 12.1 Å². The molecule has 2 aliphatic heterocycles. The van der Waals surface area contributed by atoms with Gasteiger partial charge in [-0.3, -0.25) is 9.10 Å². The zero-order valence-corrected chi connectivity index (χ0v) is 25.7. The predicted octanol–water partition coefficient (Wildman–Crippen LogP) is 7.13. The molecule has 0 saturated carbocycles. The van der Waals surface area contributed by atoms with E-state index < -0.39 is 39.4 Å². The molecule has 0 radical (unpaired) electrons. The number of nitrogens with one attached hydrogen (secondary N) is 1. The van der Waals surface area contributed by atoms with Crippen molar-refractivity contribution >= 4 is 32.5 Å². The van der Waals surface area contributed by atoms with Crippen LogP contribution in [0.2, 0.25) is 0 Å². The SMILES string of the molecule is CC(=O)N1CCCC1c1c[nH]c2ccccc12.O=S(=O)(c1ccc(F)cc1)N1CCCc2cc(C(O)(C(F)(F)F)C(F)(F)F)ccc21. The predicted molar refractivity (Wildman–Crippen MR) is 159 cm³/mol. The van der Waals surface area contributed by atoms with Gasteiger partial charge in [0.05, 0.1) is 16.6 Å². The summed E-state index contributed by atoms with van der Waals surface area (Å²) in [6.45, 7) is 2.47. The van der Waals surface area contributed by atoms with Gasteiger partial charge >= 0.3 is 12.4 Å². The van der Waals surface area contributed by atoms with Crippen molar-refractivity contribution in [3.63, 3.8) is 0 Å². The van der Waals surface area contributed by atoms with Gasteiger partial charge in [-0.05, 0) is 73.2 Å². The second-order valence-electron chi connectivity index (χ2n) is 11.3. The molecular formula is C32H30F7N3O4S. The van der Waals surface area contributed by atoms with E-state index in [1.165, 1.54) is 10.9 Å². The average Bonchev–Trinajstić information content (AvgIpc) is 3.67. The molecule has 15 heteroatoms. The van der Waals surface area contributed by atoms with Crippen LogP contribution in [0.3, 0.4) is 0 Å². The van der Waals surface area contributed by atoms with Crippen molar-refractivity contribution < 1.29 is 49.1 Å². The van der Waals surface area contributed by atoms with Crippen LogP contribution in [0.1, 0.15) is 48.9 Å². The summed E-state index contributed by atoms with van der Waals surface area (Å²) in [7, 11) is -4.24. The Morgan fingerprint density at radius 1 is 0.915 bits per heavy atom. The summed E-state index contributed by atoms with van der Waals surface area (Å²) >= 11 is 0. The highest BCUT2D eigenvalue weighted by Gasteiger charge is 2.71. The number of H-pyrrole nitrogens is 1. The third-order valence-electron chi connectivity index (χ3n) is 8.43. The molecule has 1 amide bonds. The number of sulfonamides is 1. The van der Waals surface area contributed by atoms with Gasteiger partial charge in [-0.2, -0.15) is 26.3 Å². The molecule has 6 rings (SSSR count). The fourth-order valence-electron chi connectivity index (χ4n) is 6.10. The lowest BCUT2D eigenvalue weighted by Crippen LogP contribution is -2.54. The first kappa shape index (κ1) is 34.2. The van der Waals surface area contributed by atoms with Crippen molar-refractivity contribution in [1.82, 2.24) is 9.88 Å². The average molecular weight is 686 g/mol. The highest BCUT2D eigenvalue weighted by atomic mass is 32.2. The Kier molecular flexibility index (Phi) is 9.10. The van der Waals surface area contributed by atoms with Crippen molar-refractivity contribution in [2.24, 2.45) is 0 Å². The Balaban J connectivity index is 0.000000214. The number of aryl methyl sites for hydroxylation is 1. The van der Waals surface area contributed by atoms with E-state index in [2.05, 4.69) is 23.3 Å². The van der Waals surface area contributed by atoms with Crippen molar-refractivity contribution in [1.29, 1.82) is 0 Å². The minimum atomic E-state index is -6.05. The Morgan fingerprint density at radius 2 is 1.57 bits per heavy atom. The molecule has 1 unspecified atom stereocenters. The zero-order valence-electron chi connectivity index (χ0n) is 24.9. The first-order chi connectivity index (χ1) is 22.0. The number of benzene rings is 3. The van der Waals surface area contributed by atoms with Gasteiger partial charge in [0.15, 0.2) is 0 Å². The number of hydrogen-bond donors (Lipinski definition) is 2. The number of amides is 1. The van der Waals surface area contributed by atoms with Gasteiger partial charge in [0, 0.05) is 42.7 Å². The molecule has 0 aliphatic carbocycles. The lowest BCUT2D eigenvalue weighted by Gasteiger charge is -2.35. The van der Waals surface area contributed by atoms with Crippen molar-refractivity contribution in [2.45, 2.75) is 61.5 Å². The van der Waals surface area contributed by atoms with Crippen molar-refractivity contribution in [2.75, 3.05) is 17.4 Å². The van der Waals surface area contributed by atoms with E-state index >= 15 is 0 Å². The van der Waals surface area contributed by atoms with Crippen LogP contribution in [0.25, 0.3) is 10.9 Å². The topological polar surface area (TPSA) is 93.7 Å². The number of para-hydroxylation sites is 1. The summed E-state index contributed by atoms with van der Waals surface area (Å²) in [4.78, 5) is 16.6. The molecule has 1 aromatic heterocycles. The molecule has 7 nitrogen and oxygen atoms in total. The van der Waals surface area contributed by atoms with Crippen molar-refractivity contribution in [3.05, 3.63) is 95.4 Å². The van der Waals surface area contributed by atoms with E-state index in [9.17, 15) is 49.1 Å². The first-order valence-electron chi connectivity index (χ1n) is 14.6. The number of aromatic nitrogens is 1. The normalized spacial score (nSPS) is 17.3. The number of nitrogens with zero attached hydrogens (tertiary/aromatic N) is 2. The number of carbonyl (C=O) groups excluding carboxylic acids is 1. The van der Waals surface area contributed by atoms with Gasteiger partial charge in [-0.15, -0.1) is 0 Å². The van der Waals surface area contributed by atoms with Crippen LogP contribution < -0.4 is 4.31 Å². The molecule has 252 valence electrons. The fourth-order valence-corrected chi connectivity index (χ4v) is 7.64. The van der Waals surface area contributed by atoms with Gasteiger partial charge in [0.25, 0.3) is 15.6 Å². The molecule has 1 fully saturated rings. The number of halogens is 7. The third kappa shape index (κ3) is 6.30. The molecule has 0 bridgehead atoms. The highest BCUT2D eigenvalue weighted by molar-refractivity contribution is 7.92. The van der Waals surface area contributed by atoms with Crippen LogP contribution in [0, 0.1) is 5.82 Å². The number of aromatic amines is 1. The molecule has 2 N–H and O–H groups in total. The summed E-state index contributed by atoms with van der Waals surface area (Å²) in [5.74, 6) is -0.506. The maximum absolute atomic E-state index is 13.1. The number of rotatable bonds is 4. The number of fused-ring (bicyclic) bond motifs is 2. The van der Waals surface area contributed by atoms with Gasteiger partial charge in [-0.1, -0.05) is 30.3 Å². The van der Waals surface area contributed by atoms with Crippen LogP contribution in [-0.2, 0) is 26.8 Å². The maximum atomic E-state index is 13.1. The largest absolute Gasteiger partial charge is 0.430 e. The van der Waals surface area contributed by atoms with E-state index in [1.807, 2.05) is 17.0 Å². The van der Waals surface area contributed by atoms with E-state index in [-0.39, 0.29) is 47.5 Å². The standard InChI is InChI=1S/C18H14F7NO3S.C14H16N2O/c19-13-4-6-14(7-5-13)30(28,29)26-9-1-2-11-10-12(3-8-15(11)26)16(27,17(20,21)22)18(23,24)25;1-10(17)16-8-4-7-14(16)12-9-15-13-6-3-2-5-11(12)13/h3-8,10,27H,1-2,9H2;2-3,5-6,9,14-15H,4,7-8H2,1H3. The molecule has 3 heterocycles. The minimum absolute atomic E-state index is 0.00437. The molecule has 1 saturated heterocycles. The molecule has 1 atom stereocenters.